The van der Waals surface area contributed by atoms with Crippen molar-refractivity contribution in [3.63, 3.8) is 0 Å². The quantitative estimate of drug-likeness (QED) is 0.700. The van der Waals surface area contributed by atoms with Gasteiger partial charge in [0.2, 0.25) is 10.0 Å². The number of aliphatic carboxylic acids is 1. The van der Waals surface area contributed by atoms with Gasteiger partial charge in [-0.25, -0.2) is 17.5 Å². The average molecular weight is 290 g/mol. The van der Waals surface area contributed by atoms with Crippen LogP contribution < -0.4 is 4.72 Å². The molecule has 0 atom stereocenters. The third-order valence-corrected chi connectivity index (χ3v) is 3.78. The number of carbonyl (C=O) groups is 1. The van der Waals surface area contributed by atoms with E-state index in [0.717, 1.165) is 18.5 Å². The molecule has 0 radical (unpaired) electrons. The molecular formula is C11H15FN2O4S. The summed E-state index contributed by atoms with van der Waals surface area (Å²) in [7, 11) is -3.76. The van der Waals surface area contributed by atoms with Crippen molar-refractivity contribution in [2.75, 3.05) is 6.54 Å². The third-order valence-electron chi connectivity index (χ3n) is 2.35. The Bertz CT molecular complexity index is 533. The van der Waals surface area contributed by atoms with Gasteiger partial charge in [0.05, 0.1) is 6.20 Å². The van der Waals surface area contributed by atoms with E-state index in [4.69, 9.17) is 5.11 Å². The minimum atomic E-state index is -3.76. The topological polar surface area (TPSA) is 96.4 Å². The second-order valence-corrected chi connectivity index (χ2v) is 5.71. The molecule has 106 valence electrons. The zero-order valence-corrected chi connectivity index (χ0v) is 11.0. The number of nitrogens with one attached hydrogen (secondary N) is 1. The van der Waals surface area contributed by atoms with Crippen molar-refractivity contribution in [1.82, 2.24) is 9.71 Å². The molecule has 0 aliphatic rings. The number of hydrogen-bond acceptors (Lipinski definition) is 4. The molecule has 0 saturated heterocycles. The van der Waals surface area contributed by atoms with Crippen LogP contribution in [0.15, 0.2) is 23.4 Å². The van der Waals surface area contributed by atoms with E-state index in [1.807, 2.05) is 0 Å². The summed E-state index contributed by atoms with van der Waals surface area (Å²) in [5, 5.41) is 8.42. The van der Waals surface area contributed by atoms with Gasteiger partial charge >= 0.3 is 5.97 Å². The van der Waals surface area contributed by atoms with Crippen LogP contribution in [0.25, 0.3) is 0 Å². The molecule has 0 aliphatic heterocycles. The summed E-state index contributed by atoms with van der Waals surface area (Å²) in [5.74, 6) is -1.59. The van der Waals surface area contributed by atoms with E-state index in [0.29, 0.717) is 19.3 Å². The highest BCUT2D eigenvalue weighted by atomic mass is 32.2. The van der Waals surface area contributed by atoms with Crippen LogP contribution >= 0.6 is 0 Å². The third kappa shape index (κ3) is 5.75. The second kappa shape index (κ2) is 7.15. The van der Waals surface area contributed by atoms with Gasteiger partial charge in [-0.05, 0) is 18.9 Å². The highest BCUT2D eigenvalue weighted by Crippen LogP contribution is 2.08. The van der Waals surface area contributed by atoms with Crippen molar-refractivity contribution < 1.29 is 22.7 Å². The number of sulfonamides is 1. The summed E-state index contributed by atoms with van der Waals surface area (Å²) in [6.45, 7) is 0.179. The van der Waals surface area contributed by atoms with E-state index < -0.39 is 21.8 Å². The predicted octanol–water partition coefficient (Wildman–Crippen LogP) is 1.14. The first kappa shape index (κ1) is 15.5. The second-order valence-electron chi connectivity index (χ2n) is 3.94. The van der Waals surface area contributed by atoms with Crippen molar-refractivity contribution in [2.24, 2.45) is 0 Å². The molecule has 2 N–H and O–H groups in total. The lowest BCUT2D eigenvalue weighted by Gasteiger charge is -2.06. The van der Waals surface area contributed by atoms with Crippen LogP contribution in [0.1, 0.15) is 25.7 Å². The Morgan fingerprint density at radius 1 is 1.32 bits per heavy atom. The number of aromatic nitrogens is 1. The van der Waals surface area contributed by atoms with Gasteiger partial charge in [0, 0.05) is 19.2 Å². The SMILES string of the molecule is O=C(O)CCCCCNS(=O)(=O)c1cncc(F)c1. The highest BCUT2D eigenvalue weighted by molar-refractivity contribution is 7.89. The maximum absolute atomic E-state index is 12.9. The van der Waals surface area contributed by atoms with Crippen molar-refractivity contribution >= 4 is 16.0 Å². The highest BCUT2D eigenvalue weighted by Gasteiger charge is 2.14. The minimum Gasteiger partial charge on any atom is -0.481 e. The molecule has 0 saturated carbocycles. The number of hydrogen-bond donors (Lipinski definition) is 2. The molecule has 6 nitrogen and oxygen atoms in total. The summed E-state index contributed by atoms with van der Waals surface area (Å²) in [6.07, 6.45) is 3.69. The van der Waals surface area contributed by atoms with Gasteiger partial charge in [-0.2, -0.15) is 0 Å². The molecule has 0 aliphatic carbocycles. The Hall–Kier alpha value is -1.54. The summed E-state index contributed by atoms with van der Waals surface area (Å²) in [6, 6.07) is 0.889. The van der Waals surface area contributed by atoms with Crippen LogP contribution in [0.5, 0.6) is 0 Å². The molecule has 1 heterocycles. The number of rotatable bonds is 8. The number of pyridine rings is 1. The standard InChI is InChI=1S/C11H15FN2O4S/c12-9-6-10(8-13-7-9)19(17,18)14-5-3-1-2-4-11(15)16/h6-8,14H,1-5H2,(H,15,16). The molecule has 1 aromatic rings. The fourth-order valence-electron chi connectivity index (χ4n) is 1.41. The first-order chi connectivity index (χ1) is 8.92. The van der Waals surface area contributed by atoms with E-state index in [-0.39, 0.29) is 17.9 Å². The van der Waals surface area contributed by atoms with Crippen LogP contribution in [-0.4, -0.2) is 31.0 Å². The first-order valence-corrected chi connectivity index (χ1v) is 7.22. The van der Waals surface area contributed by atoms with Gasteiger partial charge in [-0.1, -0.05) is 6.42 Å². The Morgan fingerprint density at radius 2 is 2.05 bits per heavy atom. The van der Waals surface area contributed by atoms with Crippen LogP contribution in [-0.2, 0) is 14.8 Å². The largest absolute Gasteiger partial charge is 0.481 e. The normalized spacial score (nSPS) is 11.4. The van der Waals surface area contributed by atoms with Gasteiger partial charge in [0.25, 0.3) is 0 Å². The van der Waals surface area contributed by atoms with Gasteiger partial charge in [0.1, 0.15) is 10.7 Å². The van der Waals surface area contributed by atoms with Gasteiger partial charge < -0.3 is 5.11 Å². The summed E-state index contributed by atoms with van der Waals surface area (Å²) in [5.41, 5.74) is 0. The van der Waals surface area contributed by atoms with Crippen LogP contribution in [0.2, 0.25) is 0 Å². The van der Waals surface area contributed by atoms with E-state index >= 15 is 0 Å². The van der Waals surface area contributed by atoms with Crippen molar-refractivity contribution in [3.8, 4) is 0 Å². The molecule has 1 aromatic heterocycles. The van der Waals surface area contributed by atoms with E-state index in [2.05, 4.69) is 9.71 Å². The summed E-state index contributed by atoms with van der Waals surface area (Å²) < 4.78 is 38.6. The van der Waals surface area contributed by atoms with Crippen LogP contribution in [0.4, 0.5) is 4.39 Å². The minimum absolute atomic E-state index is 0.0700. The fourth-order valence-corrected chi connectivity index (χ4v) is 2.45. The first-order valence-electron chi connectivity index (χ1n) is 5.74. The van der Waals surface area contributed by atoms with Gasteiger partial charge in [0.15, 0.2) is 0 Å². The Morgan fingerprint density at radius 3 is 2.68 bits per heavy atom. The molecule has 0 amide bonds. The maximum Gasteiger partial charge on any atom is 0.303 e. The van der Waals surface area contributed by atoms with Crippen LogP contribution in [0, 0.1) is 5.82 Å². The van der Waals surface area contributed by atoms with Crippen LogP contribution in [0.3, 0.4) is 0 Å². The maximum atomic E-state index is 12.9. The number of nitrogens with zero attached hydrogens (tertiary/aromatic N) is 1. The molecule has 0 bridgehead atoms. The molecule has 8 heteroatoms. The van der Waals surface area contributed by atoms with E-state index in [1.54, 1.807) is 0 Å². The van der Waals surface area contributed by atoms with Crippen molar-refractivity contribution in [1.29, 1.82) is 0 Å². The van der Waals surface area contributed by atoms with Gasteiger partial charge in [-0.15, -0.1) is 0 Å². The number of halogens is 1. The molecule has 1 rings (SSSR count). The predicted molar refractivity (Wildman–Crippen MR) is 65.5 cm³/mol. The molecular weight excluding hydrogens is 275 g/mol. The smallest absolute Gasteiger partial charge is 0.303 e. The number of unbranched alkanes of at least 4 members (excludes halogenated alkanes) is 2. The fraction of sp³-hybridized carbons (Fsp3) is 0.455. The zero-order chi connectivity index (χ0) is 14.3. The summed E-state index contributed by atoms with van der Waals surface area (Å²) >= 11 is 0. The lowest BCUT2D eigenvalue weighted by molar-refractivity contribution is -0.137. The van der Waals surface area contributed by atoms with Crippen molar-refractivity contribution in [3.05, 3.63) is 24.3 Å². The van der Waals surface area contributed by atoms with E-state index in [9.17, 15) is 17.6 Å². The lowest BCUT2D eigenvalue weighted by Crippen LogP contribution is -2.25. The van der Waals surface area contributed by atoms with E-state index in [1.165, 1.54) is 0 Å². The van der Waals surface area contributed by atoms with Gasteiger partial charge in [-0.3, -0.25) is 9.78 Å². The Labute approximate surface area is 110 Å². The monoisotopic (exact) mass is 290 g/mol. The molecule has 0 unspecified atom stereocenters. The lowest BCUT2D eigenvalue weighted by atomic mass is 10.2. The molecule has 0 spiro atoms. The molecule has 0 fully saturated rings. The molecule has 0 aromatic carbocycles. The van der Waals surface area contributed by atoms with Crippen molar-refractivity contribution in [2.45, 2.75) is 30.6 Å². The average Bonchev–Trinajstić information content (AvgIpc) is 2.33. The summed E-state index contributed by atoms with van der Waals surface area (Å²) in [4.78, 5) is 13.5. The molecule has 19 heavy (non-hydrogen) atoms. The Balaban J connectivity index is 2.38. The number of carboxylic acid groups (broad SMARTS) is 1. The Kier molecular flexibility index (Phi) is 5.84. The number of carboxylic acids is 1. The zero-order valence-electron chi connectivity index (χ0n) is 10.2.